The minimum Gasteiger partial charge on any atom is -0.408 e. The van der Waals surface area contributed by atoms with E-state index in [2.05, 4.69) is 17.1 Å². The Hall–Kier alpha value is -1.10. The van der Waals surface area contributed by atoms with Crippen molar-refractivity contribution in [2.24, 2.45) is 0 Å². The van der Waals surface area contributed by atoms with Crippen LogP contribution in [0.3, 0.4) is 0 Å². The van der Waals surface area contributed by atoms with Gasteiger partial charge in [-0.2, -0.15) is 0 Å². The lowest BCUT2D eigenvalue weighted by atomic mass is 10.1. The van der Waals surface area contributed by atoms with Crippen molar-refractivity contribution in [1.82, 2.24) is 10.2 Å². The Kier molecular flexibility index (Phi) is 4.99. The molecule has 0 N–H and O–H groups in total. The van der Waals surface area contributed by atoms with Gasteiger partial charge in [0.1, 0.15) is 0 Å². The molecule has 0 saturated carbocycles. The molecule has 1 atom stereocenters. The molecule has 0 aliphatic carbocycles. The van der Waals surface area contributed by atoms with Crippen LogP contribution in [0.25, 0.3) is 0 Å². The van der Waals surface area contributed by atoms with Gasteiger partial charge in [0.05, 0.1) is 6.10 Å². The molecule has 1 saturated heterocycles. The van der Waals surface area contributed by atoms with Gasteiger partial charge in [0.2, 0.25) is 5.89 Å². The van der Waals surface area contributed by atoms with Crippen LogP contribution in [-0.2, 0) is 11.2 Å². The Morgan fingerprint density at radius 1 is 1.33 bits per heavy atom. The van der Waals surface area contributed by atoms with Crippen molar-refractivity contribution in [1.29, 1.82) is 0 Å². The number of aryl methyl sites for hydroxylation is 1. The average molecular weight is 253 g/mol. The van der Waals surface area contributed by atoms with Crippen molar-refractivity contribution in [3.63, 3.8) is 0 Å². The van der Waals surface area contributed by atoms with Gasteiger partial charge < -0.3 is 14.1 Å². The van der Waals surface area contributed by atoms with E-state index in [1.807, 2.05) is 11.9 Å². The van der Waals surface area contributed by atoms with Gasteiger partial charge >= 0.3 is 6.01 Å². The fourth-order valence-electron chi connectivity index (χ4n) is 2.18. The van der Waals surface area contributed by atoms with Gasteiger partial charge in [0.15, 0.2) is 0 Å². The third-order valence-corrected chi connectivity index (χ3v) is 3.31. The Labute approximate surface area is 109 Å². The molecule has 0 aromatic carbocycles. The predicted octanol–water partition coefficient (Wildman–Crippen LogP) is 2.42. The second-order valence-electron chi connectivity index (χ2n) is 4.93. The molecular formula is C13H23N3O2. The summed E-state index contributed by atoms with van der Waals surface area (Å²) in [6.45, 7) is 3.92. The van der Waals surface area contributed by atoms with E-state index in [9.17, 15) is 0 Å². The molecule has 1 unspecified atom stereocenters. The summed E-state index contributed by atoms with van der Waals surface area (Å²) in [6, 6.07) is 0.620. The van der Waals surface area contributed by atoms with E-state index in [0.29, 0.717) is 12.1 Å². The topological polar surface area (TPSA) is 51.4 Å². The van der Waals surface area contributed by atoms with E-state index in [-0.39, 0.29) is 0 Å². The number of hydrogen-bond donors (Lipinski definition) is 0. The fraction of sp³-hybridized carbons (Fsp3) is 0.846. The maximum absolute atomic E-state index is 5.71. The van der Waals surface area contributed by atoms with Crippen molar-refractivity contribution in [3.05, 3.63) is 5.89 Å². The zero-order valence-corrected chi connectivity index (χ0v) is 11.4. The normalized spacial score (nSPS) is 20.0. The molecule has 1 aliphatic rings. The van der Waals surface area contributed by atoms with Crippen LogP contribution in [0.1, 0.15) is 44.9 Å². The molecule has 1 aromatic heterocycles. The molecule has 18 heavy (non-hydrogen) atoms. The van der Waals surface area contributed by atoms with E-state index in [4.69, 9.17) is 9.15 Å². The molecule has 2 heterocycles. The van der Waals surface area contributed by atoms with Crippen molar-refractivity contribution in [3.8, 4) is 0 Å². The standard InChI is InChI=1S/C13H23N3O2/c1-3-6-12-14-15-13(18-12)16(2)9-8-11-7-4-5-10-17-11/h11H,3-10H2,1-2H3. The van der Waals surface area contributed by atoms with Crippen LogP contribution in [0.5, 0.6) is 0 Å². The molecule has 102 valence electrons. The van der Waals surface area contributed by atoms with E-state index in [1.165, 1.54) is 19.3 Å². The smallest absolute Gasteiger partial charge is 0.317 e. The minimum absolute atomic E-state index is 0.402. The first-order valence-corrected chi connectivity index (χ1v) is 6.94. The van der Waals surface area contributed by atoms with Crippen LogP contribution in [0.2, 0.25) is 0 Å². The minimum atomic E-state index is 0.402. The highest BCUT2D eigenvalue weighted by molar-refractivity contribution is 5.21. The number of ether oxygens (including phenoxy) is 1. The summed E-state index contributed by atoms with van der Waals surface area (Å²) in [6.07, 6.45) is 6.99. The summed E-state index contributed by atoms with van der Waals surface area (Å²) in [5.74, 6) is 0.730. The van der Waals surface area contributed by atoms with Gasteiger partial charge in [-0.3, -0.25) is 0 Å². The molecule has 1 aromatic rings. The summed E-state index contributed by atoms with van der Waals surface area (Å²) in [5, 5.41) is 8.10. The fourth-order valence-corrected chi connectivity index (χ4v) is 2.18. The lowest BCUT2D eigenvalue weighted by Gasteiger charge is -2.24. The number of hydrogen-bond acceptors (Lipinski definition) is 5. The van der Waals surface area contributed by atoms with Gasteiger partial charge in [0.25, 0.3) is 0 Å². The maximum Gasteiger partial charge on any atom is 0.317 e. The lowest BCUT2D eigenvalue weighted by molar-refractivity contribution is 0.0126. The van der Waals surface area contributed by atoms with Crippen LogP contribution in [0.15, 0.2) is 4.42 Å². The summed E-state index contributed by atoms with van der Waals surface area (Å²) < 4.78 is 11.3. The molecule has 0 radical (unpaired) electrons. The zero-order valence-electron chi connectivity index (χ0n) is 11.4. The summed E-state index contributed by atoms with van der Waals surface area (Å²) in [4.78, 5) is 2.02. The van der Waals surface area contributed by atoms with E-state index < -0.39 is 0 Å². The van der Waals surface area contributed by atoms with Crippen molar-refractivity contribution >= 4 is 6.01 Å². The Morgan fingerprint density at radius 2 is 2.22 bits per heavy atom. The molecule has 2 rings (SSSR count). The molecule has 5 heteroatoms. The van der Waals surface area contributed by atoms with Crippen LogP contribution in [-0.4, -0.2) is 36.5 Å². The summed E-state index contributed by atoms with van der Waals surface area (Å²) in [5.41, 5.74) is 0. The predicted molar refractivity (Wildman–Crippen MR) is 69.8 cm³/mol. The Morgan fingerprint density at radius 3 is 2.94 bits per heavy atom. The SMILES string of the molecule is CCCc1nnc(N(C)CCC2CCCCO2)o1. The summed E-state index contributed by atoms with van der Waals surface area (Å²) >= 11 is 0. The number of rotatable bonds is 6. The molecule has 5 nitrogen and oxygen atoms in total. The molecule has 1 fully saturated rings. The third-order valence-electron chi connectivity index (χ3n) is 3.31. The van der Waals surface area contributed by atoms with Crippen molar-refractivity contribution in [2.45, 2.75) is 51.6 Å². The lowest BCUT2D eigenvalue weighted by Crippen LogP contribution is -2.26. The van der Waals surface area contributed by atoms with Crippen molar-refractivity contribution in [2.75, 3.05) is 25.1 Å². The maximum atomic E-state index is 5.71. The van der Waals surface area contributed by atoms with Crippen LogP contribution >= 0.6 is 0 Å². The first-order valence-electron chi connectivity index (χ1n) is 6.94. The Bertz CT molecular complexity index is 348. The van der Waals surface area contributed by atoms with Crippen LogP contribution in [0.4, 0.5) is 6.01 Å². The van der Waals surface area contributed by atoms with Crippen LogP contribution < -0.4 is 4.90 Å². The quantitative estimate of drug-likeness (QED) is 0.779. The second kappa shape index (κ2) is 6.73. The highest BCUT2D eigenvalue weighted by Crippen LogP contribution is 2.17. The highest BCUT2D eigenvalue weighted by atomic mass is 16.5. The van der Waals surface area contributed by atoms with E-state index in [1.54, 1.807) is 0 Å². The molecule has 0 bridgehead atoms. The first-order chi connectivity index (χ1) is 8.79. The first kappa shape index (κ1) is 13.3. The van der Waals surface area contributed by atoms with Gasteiger partial charge in [-0.25, -0.2) is 0 Å². The third kappa shape index (κ3) is 3.70. The molecular weight excluding hydrogens is 230 g/mol. The number of anilines is 1. The highest BCUT2D eigenvalue weighted by Gasteiger charge is 2.16. The number of nitrogens with zero attached hydrogens (tertiary/aromatic N) is 3. The second-order valence-corrected chi connectivity index (χ2v) is 4.93. The van der Waals surface area contributed by atoms with E-state index >= 15 is 0 Å². The molecule has 1 aliphatic heterocycles. The van der Waals surface area contributed by atoms with Crippen molar-refractivity contribution < 1.29 is 9.15 Å². The largest absolute Gasteiger partial charge is 0.408 e. The van der Waals surface area contributed by atoms with Crippen LogP contribution in [0, 0.1) is 0 Å². The monoisotopic (exact) mass is 253 g/mol. The molecule has 0 spiro atoms. The summed E-state index contributed by atoms with van der Waals surface area (Å²) in [7, 11) is 1.99. The average Bonchev–Trinajstić information content (AvgIpc) is 2.86. The molecule has 0 amide bonds. The van der Waals surface area contributed by atoms with Gasteiger partial charge in [-0.15, -0.1) is 5.10 Å². The van der Waals surface area contributed by atoms with Gasteiger partial charge in [0, 0.05) is 26.6 Å². The zero-order chi connectivity index (χ0) is 12.8. The van der Waals surface area contributed by atoms with E-state index in [0.717, 1.165) is 38.3 Å². The Balaban J connectivity index is 1.77. The van der Waals surface area contributed by atoms with Gasteiger partial charge in [-0.1, -0.05) is 12.0 Å². The number of aromatic nitrogens is 2. The van der Waals surface area contributed by atoms with Gasteiger partial charge in [-0.05, 0) is 32.1 Å².